The normalized spacial score (nSPS) is 10.9. The zero-order valence-corrected chi connectivity index (χ0v) is 8.77. The molecule has 2 rings (SSSR count). The number of hydrogen-bond acceptors (Lipinski definition) is 3. The molecule has 0 atom stereocenters. The van der Waals surface area contributed by atoms with Gasteiger partial charge >= 0.3 is 0 Å². The Bertz CT molecular complexity index is 506. The highest BCUT2D eigenvalue weighted by Gasteiger charge is 2.12. The highest BCUT2D eigenvalue weighted by atomic mass is 16.1. The molecule has 3 heteroatoms. The van der Waals surface area contributed by atoms with Gasteiger partial charge in [0.05, 0.1) is 5.52 Å². The maximum atomic E-state index is 11.7. The molecular weight excluding hydrogens is 188 g/mol. The maximum Gasteiger partial charge on any atom is 0.185 e. The summed E-state index contributed by atoms with van der Waals surface area (Å²) in [4.78, 5) is 11.7. The molecular formula is C12H12N2O. The molecule has 1 aromatic heterocycles. The lowest BCUT2D eigenvalue weighted by atomic mass is 10.1. The summed E-state index contributed by atoms with van der Waals surface area (Å²) in [5, 5.41) is 8.90. The second kappa shape index (κ2) is 3.77. The van der Waals surface area contributed by atoms with E-state index < -0.39 is 0 Å². The van der Waals surface area contributed by atoms with Crippen LogP contribution in [-0.2, 0) is 0 Å². The SMILES string of the molecule is CC(C)C(=O)c1cc2ccccc2nn1. The first-order chi connectivity index (χ1) is 7.18. The minimum absolute atomic E-state index is 0.0354. The van der Waals surface area contributed by atoms with E-state index in [9.17, 15) is 4.79 Å². The second-order valence-corrected chi connectivity index (χ2v) is 3.81. The van der Waals surface area contributed by atoms with E-state index in [1.165, 1.54) is 0 Å². The number of aromatic nitrogens is 2. The number of carbonyl (C=O) groups is 1. The molecule has 1 aromatic carbocycles. The second-order valence-electron chi connectivity index (χ2n) is 3.81. The fourth-order valence-corrected chi connectivity index (χ4v) is 1.40. The molecule has 0 saturated carbocycles. The van der Waals surface area contributed by atoms with Crippen molar-refractivity contribution in [1.29, 1.82) is 0 Å². The van der Waals surface area contributed by atoms with Crippen LogP contribution in [0.15, 0.2) is 30.3 Å². The highest BCUT2D eigenvalue weighted by molar-refractivity contribution is 5.97. The van der Waals surface area contributed by atoms with Crippen molar-refractivity contribution < 1.29 is 4.79 Å². The van der Waals surface area contributed by atoms with Gasteiger partial charge in [-0.25, -0.2) is 0 Å². The van der Waals surface area contributed by atoms with Crippen LogP contribution in [0.5, 0.6) is 0 Å². The molecule has 0 bridgehead atoms. The number of nitrogens with zero attached hydrogens (tertiary/aromatic N) is 2. The molecule has 2 aromatic rings. The summed E-state index contributed by atoms with van der Waals surface area (Å²) >= 11 is 0. The number of hydrogen-bond donors (Lipinski definition) is 0. The third-order valence-corrected chi connectivity index (χ3v) is 2.27. The third kappa shape index (κ3) is 1.86. The Labute approximate surface area is 88.1 Å². The van der Waals surface area contributed by atoms with E-state index in [0.717, 1.165) is 10.9 Å². The molecule has 3 nitrogen and oxygen atoms in total. The fourth-order valence-electron chi connectivity index (χ4n) is 1.40. The molecule has 0 fully saturated rings. The molecule has 0 aliphatic carbocycles. The van der Waals surface area contributed by atoms with Crippen LogP contribution in [0.4, 0.5) is 0 Å². The molecule has 1 heterocycles. The number of ketones is 1. The van der Waals surface area contributed by atoms with Gasteiger partial charge in [-0.2, -0.15) is 0 Å². The first kappa shape index (κ1) is 9.77. The monoisotopic (exact) mass is 200 g/mol. The zero-order valence-electron chi connectivity index (χ0n) is 8.77. The molecule has 0 saturated heterocycles. The van der Waals surface area contributed by atoms with Crippen LogP contribution < -0.4 is 0 Å². The maximum absolute atomic E-state index is 11.7. The van der Waals surface area contributed by atoms with Crippen molar-refractivity contribution in [3.8, 4) is 0 Å². The van der Waals surface area contributed by atoms with Crippen molar-refractivity contribution in [2.24, 2.45) is 5.92 Å². The molecule has 0 spiro atoms. The molecule has 0 aliphatic rings. The van der Waals surface area contributed by atoms with Gasteiger partial charge in [0.1, 0.15) is 5.69 Å². The van der Waals surface area contributed by atoms with Crippen molar-refractivity contribution in [2.75, 3.05) is 0 Å². The van der Waals surface area contributed by atoms with Crippen molar-refractivity contribution in [3.63, 3.8) is 0 Å². The van der Waals surface area contributed by atoms with Gasteiger partial charge < -0.3 is 0 Å². The Hall–Kier alpha value is -1.77. The van der Waals surface area contributed by atoms with E-state index >= 15 is 0 Å². The Balaban J connectivity index is 2.52. The standard InChI is InChI=1S/C12H12N2O/c1-8(2)12(15)11-7-9-5-3-4-6-10(9)13-14-11/h3-8H,1-2H3. The minimum atomic E-state index is -0.0412. The van der Waals surface area contributed by atoms with Crippen molar-refractivity contribution >= 4 is 16.7 Å². The van der Waals surface area contributed by atoms with Crippen molar-refractivity contribution in [3.05, 3.63) is 36.0 Å². The average Bonchev–Trinajstić information content (AvgIpc) is 2.27. The van der Waals surface area contributed by atoms with Gasteiger partial charge in [0.2, 0.25) is 0 Å². The molecule has 0 radical (unpaired) electrons. The van der Waals surface area contributed by atoms with E-state index in [2.05, 4.69) is 10.2 Å². The van der Waals surface area contributed by atoms with Gasteiger partial charge in [0.25, 0.3) is 0 Å². The van der Waals surface area contributed by atoms with Crippen molar-refractivity contribution in [2.45, 2.75) is 13.8 Å². The van der Waals surface area contributed by atoms with Crippen LogP contribution in [-0.4, -0.2) is 16.0 Å². The third-order valence-electron chi connectivity index (χ3n) is 2.27. The first-order valence-electron chi connectivity index (χ1n) is 4.95. The lowest BCUT2D eigenvalue weighted by Crippen LogP contribution is -2.10. The van der Waals surface area contributed by atoms with Gasteiger partial charge in [0, 0.05) is 11.3 Å². The lowest BCUT2D eigenvalue weighted by molar-refractivity contribution is 0.0933. The molecule has 15 heavy (non-hydrogen) atoms. The van der Waals surface area contributed by atoms with Gasteiger partial charge in [-0.1, -0.05) is 32.0 Å². The number of Topliss-reactive ketones (excluding diaryl/α,β-unsaturated/α-hetero) is 1. The van der Waals surface area contributed by atoms with E-state index in [4.69, 9.17) is 0 Å². The van der Waals surface area contributed by atoms with Crippen LogP contribution in [0.3, 0.4) is 0 Å². The highest BCUT2D eigenvalue weighted by Crippen LogP contribution is 2.13. The quantitative estimate of drug-likeness (QED) is 0.699. The summed E-state index contributed by atoms with van der Waals surface area (Å²) in [5.41, 5.74) is 1.27. The van der Waals surface area contributed by atoms with Crippen LogP contribution >= 0.6 is 0 Å². The summed E-state index contributed by atoms with van der Waals surface area (Å²) < 4.78 is 0. The summed E-state index contributed by atoms with van der Waals surface area (Å²) in [6.07, 6.45) is 0. The zero-order chi connectivity index (χ0) is 10.8. The Morgan fingerprint density at radius 2 is 1.93 bits per heavy atom. The van der Waals surface area contributed by atoms with E-state index in [1.54, 1.807) is 6.07 Å². The Kier molecular flexibility index (Phi) is 2.46. The number of carbonyl (C=O) groups excluding carboxylic acids is 1. The topological polar surface area (TPSA) is 42.9 Å². The number of benzene rings is 1. The molecule has 76 valence electrons. The number of fused-ring (bicyclic) bond motifs is 1. The Morgan fingerprint density at radius 3 is 2.67 bits per heavy atom. The van der Waals surface area contributed by atoms with Gasteiger partial charge in [-0.3, -0.25) is 4.79 Å². The minimum Gasteiger partial charge on any atom is -0.292 e. The predicted molar refractivity (Wildman–Crippen MR) is 58.7 cm³/mol. The van der Waals surface area contributed by atoms with Crippen LogP contribution in [0.2, 0.25) is 0 Å². The molecule has 0 amide bonds. The summed E-state index contributed by atoms with van der Waals surface area (Å²) in [7, 11) is 0. The lowest BCUT2D eigenvalue weighted by Gasteiger charge is -2.03. The van der Waals surface area contributed by atoms with Crippen LogP contribution in [0, 0.1) is 5.92 Å². The predicted octanol–water partition coefficient (Wildman–Crippen LogP) is 2.47. The van der Waals surface area contributed by atoms with Crippen LogP contribution in [0.25, 0.3) is 10.9 Å². The summed E-state index contributed by atoms with van der Waals surface area (Å²) in [5.74, 6) is -0.00582. The molecule has 0 aliphatic heterocycles. The first-order valence-corrected chi connectivity index (χ1v) is 4.95. The summed E-state index contributed by atoms with van der Waals surface area (Å²) in [6, 6.07) is 9.44. The fraction of sp³-hybridized carbons (Fsp3) is 0.250. The van der Waals surface area contributed by atoms with Crippen molar-refractivity contribution in [1.82, 2.24) is 10.2 Å². The average molecular weight is 200 g/mol. The molecule has 0 unspecified atom stereocenters. The van der Waals surface area contributed by atoms with Gasteiger partial charge in [-0.05, 0) is 12.1 Å². The van der Waals surface area contributed by atoms with Gasteiger partial charge in [0.15, 0.2) is 5.78 Å². The summed E-state index contributed by atoms with van der Waals surface area (Å²) in [6.45, 7) is 3.72. The largest absolute Gasteiger partial charge is 0.292 e. The van der Waals surface area contributed by atoms with E-state index in [0.29, 0.717) is 5.69 Å². The van der Waals surface area contributed by atoms with E-state index in [-0.39, 0.29) is 11.7 Å². The Morgan fingerprint density at radius 1 is 1.20 bits per heavy atom. The smallest absolute Gasteiger partial charge is 0.185 e. The van der Waals surface area contributed by atoms with Gasteiger partial charge in [-0.15, -0.1) is 10.2 Å². The van der Waals surface area contributed by atoms with Crippen LogP contribution in [0.1, 0.15) is 24.3 Å². The number of rotatable bonds is 2. The van der Waals surface area contributed by atoms with E-state index in [1.807, 2.05) is 38.1 Å². The molecule has 0 N–H and O–H groups in total.